The summed E-state index contributed by atoms with van der Waals surface area (Å²) in [5.74, 6) is 1.75. The van der Waals surface area contributed by atoms with Crippen molar-refractivity contribution in [2.24, 2.45) is 5.92 Å². The summed E-state index contributed by atoms with van der Waals surface area (Å²) in [6.45, 7) is 4.45. The van der Waals surface area contributed by atoms with Crippen LogP contribution in [-0.2, 0) is 10.8 Å². The van der Waals surface area contributed by atoms with Crippen LogP contribution in [0.25, 0.3) is 0 Å². The topological polar surface area (TPSA) is 29.1 Å². The first kappa shape index (κ1) is 15.2. The third-order valence-electron chi connectivity index (χ3n) is 3.79. The third-order valence-corrected chi connectivity index (χ3v) is 4.76. The van der Waals surface area contributed by atoms with Crippen LogP contribution in [0.1, 0.15) is 58.8 Å². The molecule has 4 unspecified atom stereocenters. The van der Waals surface area contributed by atoms with E-state index in [1.165, 1.54) is 44.9 Å². The van der Waals surface area contributed by atoms with Crippen molar-refractivity contribution >= 4 is 10.8 Å². The minimum absolute atomic E-state index is 0.397. The van der Waals surface area contributed by atoms with Gasteiger partial charge in [0, 0.05) is 34.9 Å². The van der Waals surface area contributed by atoms with Gasteiger partial charge in [0.25, 0.3) is 0 Å². The van der Waals surface area contributed by atoms with Crippen molar-refractivity contribution in [3.8, 4) is 0 Å². The molecule has 1 N–H and O–H groups in total. The van der Waals surface area contributed by atoms with Crippen molar-refractivity contribution in [2.75, 3.05) is 12.0 Å². The average Bonchev–Trinajstić information content (AvgIpc) is 2.43. The number of hydrogen-bond donors (Lipinski definition) is 1. The van der Waals surface area contributed by atoms with Crippen LogP contribution < -0.4 is 5.32 Å². The van der Waals surface area contributed by atoms with Gasteiger partial charge in [-0.2, -0.15) is 0 Å². The fourth-order valence-electron chi connectivity index (χ4n) is 3.04. The van der Waals surface area contributed by atoms with E-state index in [2.05, 4.69) is 19.2 Å². The second kappa shape index (κ2) is 8.25. The van der Waals surface area contributed by atoms with Gasteiger partial charge in [-0.25, -0.2) is 0 Å². The van der Waals surface area contributed by atoms with E-state index >= 15 is 0 Å². The summed E-state index contributed by atoms with van der Waals surface area (Å²) in [5, 5.41) is 3.66. The van der Waals surface area contributed by atoms with E-state index in [9.17, 15) is 4.21 Å². The summed E-state index contributed by atoms with van der Waals surface area (Å²) in [6, 6.07) is 1.06. The Morgan fingerprint density at radius 1 is 1.29 bits per heavy atom. The Hall–Kier alpha value is 0.110. The normalized spacial score (nSPS) is 29.6. The first-order valence-electron chi connectivity index (χ1n) is 7.17. The van der Waals surface area contributed by atoms with Crippen molar-refractivity contribution in [3.63, 3.8) is 0 Å². The Labute approximate surface area is 109 Å². The van der Waals surface area contributed by atoms with Crippen LogP contribution in [0.15, 0.2) is 0 Å². The summed E-state index contributed by atoms with van der Waals surface area (Å²) in [5.41, 5.74) is 0. The largest absolute Gasteiger partial charge is 0.311 e. The zero-order valence-electron chi connectivity index (χ0n) is 11.7. The highest BCUT2D eigenvalue weighted by molar-refractivity contribution is 7.84. The predicted octanol–water partition coefficient (Wildman–Crippen LogP) is 3.09. The van der Waals surface area contributed by atoms with E-state index in [0.29, 0.717) is 12.1 Å². The lowest BCUT2D eigenvalue weighted by Gasteiger charge is -2.21. The Morgan fingerprint density at radius 2 is 2.06 bits per heavy atom. The molecular formula is C14H29NOS. The molecule has 0 aromatic rings. The number of hydrogen-bond acceptors (Lipinski definition) is 2. The predicted molar refractivity (Wildman–Crippen MR) is 76.8 cm³/mol. The van der Waals surface area contributed by atoms with Gasteiger partial charge in [-0.15, -0.1) is 0 Å². The molecule has 2 nitrogen and oxygen atoms in total. The first-order chi connectivity index (χ1) is 8.11. The van der Waals surface area contributed by atoms with Crippen LogP contribution >= 0.6 is 0 Å². The van der Waals surface area contributed by atoms with E-state index in [1.807, 2.05) is 0 Å². The zero-order valence-corrected chi connectivity index (χ0v) is 12.5. The van der Waals surface area contributed by atoms with Crippen LogP contribution in [0.3, 0.4) is 0 Å². The molecule has 102 valence electrons. The van der Waals surface area contributed by atoms with Gasteiger partial charge in [-0.05, 0) is 32.1 Å². The molecule has 0 heterocycles. The highest BCUT2D eigenvalue weighted by Crippen LogP contribution is 2.26. The summed E-state index contributed by atoms with van der Waals surface area (Å²) in [6.07, 6.45) is 11.3. The first-order valence-corrected chi connectivity index (χ1v) is 8.90. The second-order valence-corrected chi connectivity index (χ2v) is 7.15. The molecule has 3 heteroatoms. The molecule has 0 spiro atoms. The van der Waals surface area contributed by atoms with E-state index in [4.69, 9.17) is 0 Å². The molecule has 1 saturated carbocycles. The fourth-order valence-corrected chi connectivity index (χ4v) is 3.84. The van der Waals surface area contributed by atoms with E-state index < -0.39 is 10.8 Å². The van der Waals surface area contributed by atoms with E-state index in [0.717, 1.165) is 11.7 Å². The molecule has 0 aliphatic heterocycles. The quantitative estimate of drug-likeness (QED) is 0.743. The van der Waals surface area contributed by atoms with Gasteiger partial charge < -0.3 is 5.32 Å². The lowest BCUT2D eigenvalue weighted by Crippen LogP contribution is -2.39. The van der Waals surface area contributed by atoms with Gasteiger partial charge in [0.15, 0.2) is 0 Å². The van der Waals surface area contributed by atoms with Gasteiger partial charge in [0.2, 0.25) is 0 Å². The maximum Gasteiger partial charge on any atom is 0.0383 e. The molecule has 0 saturated heterocycles. The van der Waals surface area contributed by atoms with Crippen LogP contribution in [0, 0.1) is 5.92 Å². The Balaban J connectivity index is 2.28. The van der Waals surface area contributed by atoms with Crippen LogP contribution in [0.2, 0.25) is 0 Å². The third kappa shape index (κ3) is 6.56. The zero-order chi connectivity index (χ0) is 12.7. The molecule has 0 aromatic heterocycles. The minimum atomic E-state index is -0.677. The van der Waals surface area contributed by atoms with Crippen LogP contribution in [0.4, 0.5) is 0 Å². The Morgan fingerprint density at radius 3 is 2.71 bits per heavy atom. The van der Waals surface area contributed by atoms with Crippen molar-refractivity contribution in [3.05, 3.63) is 0 Å². The fraction of sp³-hybridized carbons (Fsp3) is 1.00. The molecule has 1 rings (SSSR count). The Kier molecular flexibility index (Phi) is 7.36. The summed E-state index contributed by atoms with van der Waals surface area (Å²) < 4.78 is 11.2. The maximum atomic E-state index is 11.2. The monoisotopic (exact) mass is 259 g/mol. The summed E-state index contributed by atoms with van der Waals surface area (Å²) in [7, 11) is -0.677. The van der Waals surface area contributed by atoms with E-state index in [1.54, 1.807) is 6.26 Å². The molecule has 0 radical (unpaired) electrons. The molecule has 1 aliphatic carbocycles. The molecule has 4 atom stereocenters. The SMILES string of the molecule is CCCC1CCCC(NC(C)CS(C)=O)CC1. The van der Waals surface area contributed by atoms with Crippen LogP contribution in [-0.4, -0.2) is 28.3 Å². The Bertz CT molecular complexity index is 232. The van der Waals surface area contributed by atoms with Gasteiger partial charge >= 0.3 is 0 Å². The second-order valence-electron chi connectivity index (χ2n) is 5.67. The van der Waals surface area contributed by atoms with Gasteiger partial charge in [-0.3, -0.25) is 4.21 Å². The summed E-state index contributed by atoms with van der Waals surface area (Å²) in [4.78, 5) is 0. The molecule has 17 heavy (non-hydrogen) atoms. The minimum Gasteiger partial charge on any atom is -0.311 e. The average molecular weight is 259 g/mol. The lowest BCUT2D eigenvalue weighted by atomic mass is 9.95. The smallest absolute Gasteiger partial charge is 0.0383 e. The molecule has 0 amide bonds. The molecule has 0 aromatic carbocycles. The highest BCUT2D eigenvalue weighted by atomic mass is 32.2. The van der Waals surface area contributed by atoms with E-state index in [-0.39, 0.29) is 0 Å². The van der Waals surface area contributed by atoms with Crippen LogP contribution in [0.5, 0.6) is 0 Å². The molecule has 1 fully saturated rings. The van der Waals surface area contributed by atoms with Crippen molar-refractivity contribution < 1.29 is 4.21 Å². The molecule has 0 bridgehead atoms. The van der Waals surface area contributed by atoms with Gasteiger partial charge in [0.1, 0.15) is 0 Å². The summed E-state index contributed by atoms with van der Waals surface area (Å²) >= 11 is 0. The number of nitrogens with one attached hydrogen (secondary N) is 1. The standard InChI is InChI=1S/C14H29NOS/c1-4-6-13-7-5-8-14(10-9-13)15-12(2)11-17(3)16/h12-15H,4-11H2,1-3H3. The lowest BCUT2D eigenvalue weighted by molar-refractivity contribution is 0.398. The van der Waals surface area contributed by atoms with Crippen molar-refractivity contribution in [1.29, 1.82) is 0 Å². The van der Waals surface area contributed by atoms with Gasteiger partial charge in [0.05, 0.1) is 0 Å². The molecule has 1 aliphatic rings. The maximum absolute atomic E-state index is 11.2. The van der Waals surface area contributed by atoms with Gasteiger partial charge in [-0.1, -0.05) is 32.6 Å². The highest BCUT2D eigenvalue weighted by Gasteiger charge is 2.19. The number of rotatable bonds is 6. The molecular weight excluding hydrogens is 230 g/mol. The van der Waals surface area contributed by atoms with Crippen molar-refractivity contribution in [2.45, 2.75) is 70.9 Å². The van der Waals surface area contributed by atoms with Crippen molar-refractivity contribution in [1.82, 2.24) is 5.32 Å².